The van der Waals surface area contributed by atoms with Crippen LogP contribution in [0.3, 0.4) is 0 Å². The molecule has 0 aromatic heterocycles. The number of fused-ring (bicyclic) bond motifs is 3. The molecule has 5 nitrogen and oxygen atoms in total. The Morgan fingerprint density at radius 1 is 1.16 bits per heavy atom. The van der Waals surface area contributed by atoms with E-state index < -0.39 is 22.4 Å². The van der Waals surface area contributed by atoms with Gasteiger partial charge in [0.25, 0.3) is 5.69 Å². The molecule has 3 unspecified atom stereocenters. The first-order valence-electron chi connectivity index (χ1n) is 8.69. The van der Waals surface area contributed by atoms with E-state index in [4.69, 9.17) is 0 Å². The molecule has 3 aliphatic rings. The Balaban J connectivity index is 1.58. The normalized spacial score (nSPS) is 29.6. The molecule has 4 rings (SSSR count). The van der Waals surface area contributed by atoms with E-state index in [1.165, 1.54) is 25.3 Å². The van der Waals surface area contributed by atoms with E-state index in [2.05, 4.69) is 4.90 Å². The van der Waals surface area contributed by atoms with E-state index in [0.29, 0.717) is 23.6 Å². The lowest BCUT2D eigenvalue weighted by atomic mass is 9.90. The fourth-order valence-corrected chi connectivity index (χ4v) is 4.87. The molecule has 3 atom stereocenters. The molecule has 3 aliphatic heterocycles. The molecular weight excluding hydrogens is 335 g/mol. The average molecular weight is 355 g/mol. The third-order valence-electron chi connectivity index (χ3n) is 5.97. The van der Waals surface area contributed by atoms with Crippen LogP contribution in [0.15, 0.2) is 18.2 Å². The van der Waals surface area contributed by atoms with E-state index in [0.717, 1.165) is 38.3 Å². The Morgan fingerprint density at radius 2 is 1.96 bits per heavy atom. The number of piperidine rings is 1. The van der Waals surface area contributed by atoms with Crippen LogP contribution in [0.1, 0.15) is 24.8 Å². The van der Waals surface area contributed by atoms with Crippen molar-refractivity contribution in [1.29, 1.82) is 0 Å². The van der Waals surface area contributed by atoms with Crippen LogP contribution < -0.4 is 4.90 Å². The number of rotatable bonds is 2. The monoisotopic (exact) mass is 355 g/mol. The predicted molar refractivity (Wildman–Crippen MR) is 86.5 cm³/mol. The number of alkyl halides is 3. The number of anilines is 1. The van der Waals surface area contributed by atoms with E-state index in [1.807, 2.05) is 4.90 Å². The second-order valence-electron chi connectivity index (χ2n) is 7.34. The predicted octanol–water partition coefficient (Wildman–Crippen LogP) is 3.53. The van der Waals surface area contributed by atoms with Gasteiger partial charge in [-0.1, -0.05) is 6.42 Å². The first kappa shape index (κ1) is 16.6. The van der Waals surface area contributed by atoms with Crippen LogP contribution in [0.4, 0.5) is 24.5 Å². The zero-order valence-electron chi connectivity index (χ0n) is 13.7. The highest BCUT2D eigenvalue weighted by Crippen LogP contribution is 2.43. The Hall–Kier alpha value is -1.83. The van der Waals surface area contributed by atoms with Gasteiger partial charge in [0, 0.05) is 37.4 Å². The molecule has 0 spiro atoms. The molecule has 3 saturated heterocycles. The first-order chi connectivity index (χ1) is 11.8. The van der Waals surface area contributed by atoms with Crippen molar-refractivity contribution >= 4 is 11.4 Å². The smallest absolute Gasteiger partial charge is 0.371 e. The molecule has 8 heteroatoms. The van der Waals surface area contributed by atoms with Crippen LogP contribution in [0.2, 0.25) is 0 Å². The number of nitrogens with zero attached hydrogens (tertiary/aromatic N) is 3. The van der Waals surface area contributed by atoms with Crippen molar-refractivity contribution in [2.24, 2.45) is 11.8 Å². The van der Waals surface area contributed by atoms with E-state index in [-0.39, 0.29) is 0 Å². The van der Waals surface area contributed by atoms with Gasteiger partial charge in [-0.15, -0.1) is 0 Å². The number of nitro benzene ring substituents is 1. The van der Waals surface area contributed by atoms with Gasteiger partial charge in [0.2, 0.25) is 0 Å². The SMILES string of the molecule is O=[N+]([O-])c1ccc(N2CC3CN4CCCCC4C3C2)cc1C(F)(F)F. The Morgan fingerprint density at radius 3 is 2.68 bits per heavy atom. The quantitative estimate of drug-likeness (QED) is 0.602. The largest absolute Gasteiger partial charge is 0.423 e. The Kier molecular flexibility index (Phi) is 3.90. The molecule has 3 heterocycles. The lowest BCUT2D eigenvalue weighted by Gasteiger charge is -2.33. The maximum Gasteiger partial charge on any atom is 0.423 e. The van der Waals surface area contributed by atoms with Gasteiger partial charge in [0.1, 0.15) is 5.56 Å². The fourth-order valence-electron chi connectivity index (χ4n) is 4.87. The van der Waals surface area contributed by atoms with Crippen LogP contribution in [0.5, 0.6) is 0 Å². The maximum atomic E-state index is 13.2. The standard InChI is InChI=1S/C17H20F3N3O2/c18-17(19,20)14-7-12(4-5-16(14)23(24)25)22-9-11-8-21-6-2-1-3-15(21)13(11)10-22/h4-5,7,11,13,15H,1-3,6,8-10H2. The van der Waals surface area contributed by atoms with Gasteiger partial charge in [-0.25, -0.2) is 0 Å². The van der Waals surface area contributed by atoms with Crippen molar-refractivity contribution in [2.75, 3.05) is 31.1 Å². The third kappa shape index (κ3) is 2.86. The number of halogens is 3. The van der Waals surface area contributed by atoms with Gasteiger partial charge in [-0.2, -0.15) is 13.2 Å². The number of hydrogen-bond donors (Lipinski definition) is 0. The molecule has 0 aliphatic carbocycles. The molecule has 1 aromatic rings. The number of nitro groups is 1. The second kappa shape index (κ2) is 5.86. The van der Waals surface area contributed by atoms with Gasteiger partial charge >= 0.3 is 6.18 Å². The van der Waals surface area contributed by atoms with Crippen molar-refractivity contribution in [3.8, 4) is 0 Å². The highest BCUT2D eigenvalue weighted by molar-refractivity contribution is 5.57. The summed E-state index contributed by atoms with van der Waals surface area (Å²) in [6, 6.07) is 3.92. The molecule has 3 fully saturated rings. The zero-order valence-corrected chi connectivity index (χ0v) is 13.7. The summed E-state index contributed by atoms with van der Waals surface area (Å²) in [7, 11) is 0. The minimum absolute atomic E-state index is 0.440. The van der Waals surface area contributed by atoms with Crippen LogP contribution in [-0.4, -0.2) is 42.0 Å². The summed E-state index contributed by atoms with van der Waals surface area (Å²) in [5, 5.41) is 10.9. The average Bonchev–Trinajstić information content (AvgIpc) is 3.11. The number of benzene rings is 1. The van der Waals surface area contributed by atoms with Crippen LogP contribution in [-0.2, 0) is 6.18 Å². The lowest BCUT2D eigenvalue weighted by molar-refractivity contribution is -0.388. The Labute approximate surface area is 143 Å². The molecule has 0 N–H and O–H groups in total. The van der Waals surface area contributed by atoms with Gasteiger partial charge < -0.3 is 4.90 Å². The van der Waals surface area contributed by atoms with E-state index in [1.54, 1.807) is 0 Å². The van der Waals surface area contributed by atoms with Crippen molar-refractivity contribution in [2.45, 2.75) is 31.5 Å². The minimum Gasteiger partial charge on any atom is -0.371 e. The fraction of sp³-hybridized carbons (Fsp3) is 0.647. The molecular formula is C17H20F3N3O2. The summed E-state index contributed by atoms with van der Waals surface area (Å²) in [6.07, 6.45) is -1.10. The molecule has 0 radical (unpaired) electrons. The molecule has 0 bridgehead atoms. The highest BCUT2D eigenvalue weighted by atomic mass is 19.4. The summed E-state index contributed by atoms with van der Waals surface area (Å²) < 4.78 is 39.6. The first-order valence-corrected chi connectivity index (χ1v) is 8.69. The molecule has 1 aromatic carbocycles. The summed E-state index contributed by atoms with van der Waals surface area (Å²) in [4.78, 5) is 14.4. The van der Waals surface area contributed by atoms with E-state index in [9.17, 15) is 23.3 Å². The summed E-state index contributed by atoms with van der Waals surface area (Å²) >= 11 is 0. The van der Waals surface area contributed by atoms with Crippen LogP contribution in [0.25, 0.3) is 0 Å². The van der Waals surface area contributed by atoms with E-state index >= 15 is 0 Å². The van der Waals surface area contributed by atoms with Crippen molar-refractivity contribution in [3.05, 3.63) is 33.9 Å². The van der Waals surface area contributed by atoms with Gasteiger partial charge in [-0.05, 0) is 43.4 Å². The zero-order chi connectivity index (χ0) is 17.8. The maximum absolute atomic E-state index is 13.2. The van der Waals surface area contributed by atoms with Crippen molar-refractivity contribution in [3.63, 3.8) is 0 Å². The minimum atomic E-state index is -4.73. The third-order valence-corrected chi connectivity index (χ3v) is 5.97. The summed E-state index contributed by atoms with van der Waals surface area (Å²) in [5.41, 5.74) is -1.60. The lowest BCUT2D eigenvalue weighted by Crippen LogP contribution is -2.39. The molecule has 25 heavy (non-hydrogen) atoms. The summed E-state index contributed by atoms with van der Waals surface area (Å²) in [6.45, 7) is 3.62. The molecule has 136 valence electrons. The van der Waals surface area contributed by atoms with Gasteiger partial charge in [0.15, 0.2) is 0 Å². The molecule has 0 saturated carbocycles. The van der Waals surface area contributed by atoms with Gasteiger partial charge in [0.05, 0.1) is 4.92 Å². The van der Waals surface area contributed by atoms with Crippen molar-refractivity contribution < 1.29 is 18.1 Å². The number of hydrogen-bond acceptors (Lipinski definition) is 4. The Bertz CT molecular complexity index is 694. The highest BCUT2D eigenvalue weighted by Gasteiger charge is 2.47. The van der Waals surface area contributed by atoms with Gasteiger partial charge in [-0.3, -0.25) is 15.0 Å². The van der Waals surface area contributed by atoms with Crippen LogP contribution in [0, 0.1) is 22.0 Å². The van der Waals surface area contributed by atoms with Crippen LogP contribution >= 0.6 is 0 Å². The second-order valence-corrected chi connectivity index (χ2v) is 7.34. The van der Waals surface area contributed by atoms with Crippen molar-refractivity contribution in [1.82, 2.24) is 4.90 Å². The summed E-state index contributed by atoms with van der Waals surface area (Å²) in [5.74, 6) is 0.970. The molecule has 0 amide bonds. The topological polar surface area (TPSA) is 49.6 Å².